The number of aromatic nitrogens is 1. The monoisotopic (exact) mass is 332 g/mol. The van der Waals surface area contributed by atoms with Crippen LogP contribution in [0.1, 0.15) is 44.9 Å². The van der Waals surface area contributed by atoms with Gasteiger partial charge in [-0.2, -0.15) is 0 Å². The van der Waals surface area contributed by atoms with Gasteiger partial charge >= 0.3 is 6.09 Å². The number of carbonyl (C=O) groups is 1. The Morgan fingerprint density at radius 2 is 1.96 bits per heavy atom. The van der Waals surface area contributed by atoms with E-state index >= 15 is 0 Å². The van der Waals surface area contributed by atoms with Gasteiger partial charge in [0.25, 0.3) is 0 Å². The van der Waals surface area contributed by atoms with Crippen molar-refractivity contribution in [1.29, 1.82) is 0 Å². The molecule has 3 rings (SSSR count). The molecule has 1 saturated heterocycles. The summed E-state index contributed by atoms with van der Waals surface area (Å²) >= 11 is 0. The Hall–Kier alpha value is -1.82. The third kappa shape index (κ3) is 3.80. The standard InChI is InChI=1S/C18H28N4O2/c1-13-11-19-12-14-5-6-15(20-16(13)14)21-7-9-22(10-8-21)17(23)24-18(2,3)4/h5-6,13,19H,7-12H2,1-4H3. The summed E-state index contributed by atoms with van der Waals surface area (Å²) in [5.41, 5.74) is 2.06. The van der Waals surface area contributed by atoms with Crippen molar-refractivity contribution in [3.05, 3.63) is 23.4 Å². The summed E-state index contributed by atoms with van der Waals surface area (Å²) in [5, 5.41) is 3.41. The molecular formula is C18H28N4O2. The minimum atomic E-state index is -0.446. The van der Waals surface area contributed by atoms with E-state index < -0.39 is 5.60 Å². The molecule has 1 fully saturated rings. The molecule has 3 heterocycles. The number of nitrogens with one attached hydrogen (secondary N) is 1. The zero-order valence-corrected chi connectivity index (χ0v) is 15.1. The summed E-state index contributed by atoms with van der Waals surface area (Å²) in [5.74, 6) is 1.46. The fourth-order valence-corrected chi connectivity index (χ4v) is 3.21. The minimum absolute atomic E-state index is 0.222. The summed E-state index contributed by atoms with van der Waals surface area (Å²) in [4.78, 5) is 21.1. The van der Waals surface area contributed by atoms with Crippen molar-refractivity contribution in [3.8, 4) is 0 Å². The first-order valence-electron chi connectivity index (χ1n) is 8.77. The highest BCUT2D eigenvalue weighted by Crippen LogP contribution is 2.25. The van der Waals surface area contributed by atoms with E-state index in [0.717, 1.165) is 32.0 Å². The molecule has 24 heavy (non-hydrogen) atoms. The molecule has 0 spiro atoms. The van der Waals surface area contributed by atoms with E-state index in [0.29, 0.717) is 19.0 Å². The van der Waals surface area contributed by atoms with Crippen molar-refractivity contribution in [3.63, 3.8) is 0 Å². The second-order valence-electron chi connectivity index (χ2n) is 7.70. The molecule has 0 aliphatic carbocycles. The number of nitrogens with zero attached hydrogens (tertiary/aromatic N) is 3. The number of pyridine rings is 1. The number of ether oxygens (including phenoxy) is 1. The van der Waals surface area contributed by atoms with Crippen LogP contribution in [0.25, 0.3) is 0 Å². The lowest BCUT2D eigenvalue weighted by atomic mass is 9.98. The van der Waals surface area contributed by atoms with Crippen molar-refractivity contribution in [2.24, 2.45) is 0 Å². The Bertz CT molecular complexity index is 604. The Kier molecular flexibility index (Phi) is 4.67. The van der Waals surface area contributed by atoms with Crippen LogP contribution in [0.4, 0.5) is 10.6 Å². The van der Waals surface area contributed by atoms with Gasteiger partial charge in [-0.05, 0) is 32.4 Å². The molecule has 1 atom stereocenters. The first kappa shape index (κ1) is 17.0. The number of piperazine rings is 1. The zero-order valence-electron chi connectivity index (χ0n) is 15.1. The summed E-state index contributed by atoms with van der Waals surface area (Å²) in [7, 11) is 0. The Morgan fingerprint density at radius 1 is 1.25 bits per heavy atom. The zero-order chi connectivity index (χ0) is 17.3. The number of hydrogen-bond acceptors (Lipinski definition) is 5. The van der Waals surface area contributed by atoms with Gasteiger partial charge in [-0.15, -0.1) is 0 Å². The lowest BCUT2D eigenvalue weighted by Crippen LogP contribution is -2.50. The van der Waals surface area contributed by atoms with E-state index in [1.807, 2.05) is 20.8 Å². The van der Waals surface area contributed by atoms with Gasteiger partial charge in [0.15, 0.2) is 0 Å². The Balaban J connectivity index is 1.63. The van der Waals surface area contributed by atoms with Gasteiger partial charge in [-0.3, -0.25) is 0 Å². The second-order valence-corrected chi connectivity index (χ2v) is 7.70. The molecule has 0 aromatic carbocycles. The maximum atomic E-state index is 12.2. The summed E-state index contributed by atoms with van der Waals surface area (Å²) in [6.07, 6.45) is -0.222. The number of rotatable bonds is 1. The molecule has 1 aromatic rings. The number of amides is 1. The van der Waals surface area contributed by atoms with Gasteiger partial charge in [-0.25, -0.2) is 9.78 Å². The van der Waals surface area contributed by atoms with Crippen molar-refractivity contribution < 1.29 is 9.53 Å². The van der Waals surface area contributed by atoms with Gasteiger partial charge in [0.05, 0.1) is 5.69 Å². The molecule has 132 valence electrons. The molecule has 1 N–H and O–H groups in total. The highest BCUT2D eigenvalue weighted by molar-refractivity contribution is 5.68. The van der Waals surface area contributed by atoms with Gasteiger partial charge in [0.1, 0.15) is 11.4 Å². The lowest BCUT2D eigenvalue weighted by molar-refractivity contribution is 0.0240. The van der Waals surface area contributed by atoms with Crippen molar-refractivity contribution in [2.45, 2.75) is 45.8 Å². The van der Waals surface area contributed by atoms with E-state index in [1.165, 1.54) is 11.3 Å². The fourth-order valence-electron chi connectivity index (χ4n) is 3.21. The van der Waals surface area contributed by atoms with E-state index in [2.05, 4.69) is 29.3 Å². The highest BCUT2D eigenvalue weighted by Gasteiger charge is 2.27. The molecule has 2 aliphatic heterocycles. The highest BCUT2D eigenvalue weighted by atomic mass is 16.6. The van der Waals surface area contributed by atoms with Crippen LogP contribution in [0.5, 0.6) is 0 Å². The van der Waals surface area contributed by atoms with Crippen LogP contribution in [0.3, 0.4) is 0 Å². The smallest absolute Gasteiger partial charge is 0.410 e. The van der Waals surface area contributed by atoms with Crippen LogP contribution < -0.4 is 10.2 Å². The molecule has 0 radical (unpaired) electrons. The molecule has 1 aromatic heterocycles. The molecular weight excluding hydrogens is 304 g/mol. The van der Waals surface area contributed by atoms with Crippen LogP contribution in [-0.4, -0.2) is 54.3 Å². The summed E-state index contributed by atoms with van der Waals surface area (Å²) in [6.45, 7) is 12.7. The normalized spacial score (nSPS) is 21.4. The fraction of sp³-hybridized carbons (Fsp3) is 0.667. The van der Waals surface area contributed by atoms with Crippen LogP contribution in [0, 0.1) is 0 Å². The summed E-state index contributed by atoms with van der Waals surface area (Å²) < 4.78 is 5.45. The van der Waals surface area contributed by atoms with Gasteiger partial charge < -0.3 is 19.9 Å². The van der Waals surface area contributed by atoms with Crippen LogP contribution in [0.15, 0.2) is 12.1 Å². The van der Waals surface area contributed by atoms with Crippen LogP contribution in [0.2, 0.25) is 0 Å². The van der Waals surface area contributed by atoms with E-state index in [4.69, 9.17) is 9.72 Å². The third-order valence-corrected chi connectivity index (χ3v) is 4.49. The van der Waals surface area contributed by atoms with Crippen molar-refractivity contribution in [1.82, 2.24) is 15.2 Å². The largest absolute Gasteiger partial charge is 0.444 e. The average Bonchev–Trinajstić information content (AvgIpc) is 2.53. The molecule has 0 saturated carbocycles. The van der Waals surface area contributed by atoms with Gasteiger partial charge in [-0.1, -0.05) is 13.0 Å². The van der Waals surface area contributed by atoms with Crippen molar-refractivity contribution >= 4 is 11.9 Å². The van der Waals surface area contributed by atoms with Crippen molar-refractivity contribution in [2.75, 3.05) is 37.6 Å². The maximum absolute atomic E-state index is 12.2. The summed E-state index contributed by atoms with van der Waals surface area (Å²) in [6, 6.07) is 4.28. The quantitative estimate of drug-likeness (QED) is 0.855. The average molecular weight is 332 g/mol. The van der Waals surface area contributed by atoms with Crippen LogP contribution in [-0.2, 0) is 11.3 Å². The van der Waals surface area contributed by atoms with Gasteiger partial charge in [0, 0.05) is 45.2 Å². The maximum Gasteiger partial charge on any atom is 0.410 e. The third-order valence-electron chi connectivity index (χ3n) is 4.49. The van der Waals surface area contributed by atoms with E-state index in [9.17, 15) is 4.79 Å². The predicted octanol–water partition coefficient (Wildman–Crippen LogP) is 2.35. The van der Waals surface area contributed by atoms with E-state index in [1.54, 1.807) is 4.90 Å². The Labute approximate surface area is 144 Å². The molecule has 0 bridgehead atoms. The molecule has 6 nitrogen and oxygen atoms in total. The first-order chi connectivity index (χ1) is 11.3. The molecule has 1 amide bonds. The minimum Gasteiger partial charge on any atom is -0.444 e. The van der Waals surface area contributed by atoms with E-state index in [-0.39, 0.29) is 6.09 Å². The molecule has 2 aliphatic rings. The number of carbonyl (C=O) groups excluding carboxylic acids is 1. The molecule has 1 unspecified atom stereocenters. The Morgan fingerprint density at radius 3 is 2.62 bits per heavy atom. The number of hydrogen-bond donors (Lipinski definition) is 1. The number of anilines is 1. The second kappa shape index (κ2) is 6.59. The topological polar surface area (TPSA) is 57.7 Å². The lowest BCUT2D eigenvalue weighted by Gasteiger charge is -2.36. The predicted molar refractivity (Wildman–Crippen MR) is 94.4 cm³/mol. The molecule has 6 heteroatoms. The number of fused-ring (bicyclic) bond motifs is 1. The van der Waals surface area contributed by atoms with Crippen LogP contribution >= 0.6 is 0 Å². The SMILES string of the molecule is CC1CNCc2ccc(N3CCN(C(=O)OC(C)(C)C)CC3)nc21. The van der Waals surface area contributed by atoms with Gasteiger partial charge in [0.2, 0.25) is 0 Å². The first-order valence-corrected chi connectivity index (χ1v) is 8.77.